The predicted octanol–water partition coefficient (Wildman–Crippen LogP) is 0.693. The molecule has 1 aromatic carbocycles. The molecule has 1 atom stereocenters. The molecule has 0 radical (unpaired) electrons. The van der Waals surface area contributed by atoms with E-state index in [2.05, 4.69) is 5.32 Å². The summed E-state index contributed by atoms with van der Waals surface area (Å²) < 4.78 is 5.31. The number of amides is 1. The highest BCUT2D eigenvalue weighted by Crippen LogP contribution is 2.28. The van der Waals surface area contributed by atoms with Gasteiger partial charge in [-0.3, -0.25) is 4.79 Å². The van der Waals surface area contributed by atoms with E-state index < -0.39 is 23.5 Å². The largest absolute Gasteiger partial charge is 0.548 e. The number of phenols is 1. The van der Waals surface area contributed by atoms with Crippen LogP contribution in [0.15, 0.2) is 21.3 Å². The Hall–Kier alpha value is -2.83. The molecule has 0 spiro atoms. The number of benzene rings is 1. The molecule has 2 aromatic rings. The normalized spacial score (nSPS) is 12.1. The number of aryl methyl sites for hydroxylation is 2. The number of carboxylic acids is 1. The van der Waals surface area contributed by atoms with Crippen molar-refractivity contribution in [3.63, 3.8) is 0 Å². The lowest BCUT2D eigenvalue weighted by atomic mass is 10.00. The molecule has 25 heavy (non-hydrogen) atoms. The SMILES string of the molecule is CC[C@H](NC(=O)CCc1c(C)c2ccc(O)c(C)c2oc1=O)C(=O)[O-]. The second-order valence-corrected chi connectivity index (χ2v) is 5.93. The minimum Gasteiger partial charge on any atom is -0.548 e. The third kappa shape index (κ3) is 3.81. The third-order valence-electron chi connectivity index (χ3n) is 4.31. The van der Waals surface area contributed by atoms with Crippen molar-refractivity contribution in [1.29, 1.82) is 0 Å². The first-order valence-electron chi connectivity index (χ1n) is 8.01. The maximum Gasteiger partial charge on any atom is 0.339 e. The van der Waals surface area contributed by atoms with Gasteiger partial charge in [0.25, 0.3) is 0 Å². The Morgan fingerprint density at radius 3 is 2.56 bits per heavy atom. The summed E-state index contributed by atoms with van der Waals surface area (Å²) in [7, 11) is 0. The van der Waals surface area contributed by atoms with Gasteiger partial charge in [-0.25, -0.2) is 4.79 Å². The molecule has 0 aliphatic heterocycles. The molecule has 0 saturated carbocycles. The standard InChI is InChI=1S/C18H21NO6/c1-4-13(17(22)23)19-15(21)8-6-12-9(2)11-5-7-14(20)10(3)16(11)25-18(12)24/h5,7,13,20H,4,6,8H2,1-3H3,(H,19,21)(H,22,23)/p-1/t13-/m0/s1. The Morgan fingerprint density at radius 2 is 1.96 bits per heavy atom. The fourth-order valence-corrected chi connectivity index (χ4v) is 2.70. The number of hydrogen-bond donors (Lipinski definition) is 2. The van der Waals surface area contributed by atoms with E-state index in [-0.39, 0.29) is 25.0 Å². The van der Waals surface area contributed by atoms with Gasteiger partial charge in [0.15, 0.2) is 0 Å². The molecular formula is C18H20NO6-. The van der Waals surface area contributed by atoms with Crippen LogP contribution in [-0.4, -0.2) is 23.0 Å². The summed E-state index contributed by atoms with van der Waals surface area (Å²) in [5.41, 5.74) is 1.25. The summed E-state index contributed by atoms with van der Waals surface area (Å²) in [6.07, 6.45) is 0.297. The van der Waals surface area contributed by atoms with Crippen LogP contribution in [0.3, 0.4) is 0 Å². The maximum absolute atomic E-state index is 12.2. The van der Waals surface area contributed by atoms with Gasteiger partial charge in [0.1, 0.15) is 11.3 Å². The number of phenolic OH excluding ortho intramolecular Hbond substituents is 1. The fourth-order valence-electron chi connectivity index (χ4n) is 2.70. The van der Waals surface area contributed by atoms with Crippen molar-refractivity contribution in [3.8, 4) is 5.75 Å². The van der Waals surface area contributed by atoms with Crippen LogP contribution in [0.5, 0.6) is 5.75 Å². The molecule has 7 nitrogen and oxygen atoms in total. The van der Waals surface area contributed by atoms with E-state index in [1.807, 2.05) is 0 Å². The van der Waals surface area contributed by atoms with Gasteiger partial charge >= 0.3 is 5.63 Å². The second-order valence-electron chi connectivity index (χ2n) is 5.93. The lowest BCUT2D eigenvalue weighted by Crippen LogP contribution is -2.47. The summed E-state index contributed by atoms with van der Waals surface area (Å²) in [5.74, 6) is -1.78. The molecule has 0 aliphatic carbocycles. The zero-order valence-corrected chi connectivity index (χ0v) is 14.3. The first-order chi connectivity index (χ1) is 11.8. The van der Waals surface area contributed by atoms with Crippen LogP contribution in [0.1, 0.15) is 36.5 Å². The number of aliphatic carboxylic acids is 1. The minimum absolute atomic E-state index is 0.0371. The van der Waals surface area contributed by atoms with Gasteiger partial charge in [-0.2, -0.15) is 0 Å². The molecule has 2 N–H and O–H groups in total. The van der Waals surface area contributed by atoms with Crippen molar-refractivity contribution in [2.75, 3.05) is 0 Å². The zero-order chi connectivity index (χ0) is 18.7. The number of hydrogen-bond acceptors (Lipinski definition) is 6. The average Bonchev–Trinajstić information content (AvgIpc) is 2.56. The van der Waals surface area contributed by atoms with E-state index in [0.717, 1.165) is 0 Å². The first-order valence-corrected chi connectivity index (χ1v) is 8.01. The number of fused-ring (bicyclic) bond motifs is 1. The maximum atomic E-state index is 12.2. The van der Waals surface area contributed by atoms with Gasteiger partial charge in [-0.05, 0) is 44.4 Å². The monoisotopic (exact) mass is 346 g/mol. The van der Waals surface area contributed by atoms with Gasteiger partial charge in [-0.1, -0.05) is 6.92 Å². The number of carboxylic acid groups (broad SMARTS) is 1. The lowest BCUT2D eigenvalue weighted by Gasteiger charge is -2.17. The summed E-state index contributed by atoms with van der Waals surface area (Å²) in [4.78, 5) is 35.0. The van der Waals surface area contributed by atoms with E-state index >= 15 is 0 Å². The fraction of sp³-hybridized carbons (Fsp3) is 0.389. The Morgan fingerprint density at radius 1 is 1.28 bits per heavy atom. The van der Waals surface area contributed by atoms with E-state index in [0.29, 0.717) is 27.7 Å². The summed E-state index contributed by atoms with van der Waals surface area (Å²) >= 11 is 0. The van der Waals surface area contributed by atoms with E-state index in [1.165, 1.54) is 6.07 Å². The Labute approximate surface area is 144 Å². The summed E-state index contributed by atoms with van der Waals surface area (Å²) in [6.45, 7) is 5.03. The predicted molar refractivity (Wildman–Crippen MR) is 89.2 cm³/mol. The van der Waals surface area contributed by atoms with Crippen molar-refractivity contribution in [1.82, 2.24) is 5.32 Å². The molecule has 134 valence electrons. The molecular weight excluding hydrogens is 326 g/mol. The van der Waals surface area contributed by atoms with Crippen molar-refractivity contribution in [2.45, 2.75) is 46.1 Å². The Kier molecular flexibility index (Phi) is 5.46. The number of carbonyl (C=O) groups excluding carboxylic acids is 2. The minimum atomic E-state index is -1.34. The van der Waals surface area contributed by atoms with Crippen molar-refractivity contribution in [3.05, 3.63) is 39.2 Å². The topological polar surface area (TPSA) is 120 Å². The molecule has 1 aromatic heterocycles. The number of rotatable bonds is 6. The highest BCUT2D eigenvalue weighted by atomic mass is 16.4. The van der Waals surface area contributed by atoms with E-state index in [9.17, 15) is 24.6 Å². The van der Waals surface area contributed by atoms with Gasteiger partial charge in [0.2, 0.25) is 5.91 Å². The molecule has 1 heterocycles. The molecule has 0 saturated heterocycles. The van der Waals surface area contributed by atoms with Crippen LogP contribution < -0.4 is 16.0 Å². The van der Waals surface area contributed by atoms with Gasteiger partial charge < -0.3 is 24.7 Å². The highest BCUT2D eigenvalue weighted by molar-refractivity contribution is 5.86. The van der Waals surface area contributed by atoms with Crippen LogP contribution in [0.4, 0.5) is 0 Å². The van der Waals surface area contributed by atoms with Gasteiger partial charge in [0, 0.05) is 22.9 Å². The van der Waals surface area contributed by atoms with Crippen LogP contribution in [0.25, 0.3) is 11.0 Å². The lowest BCUT2D eigenvalue weighted by molar-refractivity contribution is -0.308. The molecule has 0 unspecified atom stereocenters. The molecule has 0 bridgehead atoms. The molecule has 2 rings (SSSR count). The van der Waals surface area contributed by atoms with Gasteiger partial charge in [0.05, 0.1) is 12.0 Å². The van der Waals surface area contributed by atoms with Crippen LogP contribution in [0, 0.1) is 13.8 Å². The third-order valence-corrected chi connectivity index (χ3v) is 4.31. The first kappa shape index (κ1) is 18.5. The molecule has 1 amide bonds. The zero-order valence-electron chi connectivity index (χ0n) is 14.3. The van der Waals surface area contributed by atoms with Crippen molar-refractivity contribution >= 4 is 22.8 Å². The molecule has 0 aliphatic rings. The number of carbonyl (C=O) groups is 2. The Bertz CT molecular complexity index is 883. The van der Waals surface area contributed by atoms with Crippen molar-refractivity contribution in [2.24, 2.45) is 0 Å². The summed E-state index contributed by atoms with van der Waals surface area (Å²) in [5, 5.41) is 23.6. The number of aromatic hydroxyl groups is 1. The molecule has 0 fully saturated rings. The average molecular weight is 346 g/mol. The van der Waals surface area contributed by atoms with Crippen molar-refractivity contribution < 1.29 is 24.2 Å². The van der Waals surface area contributed by atoms with Crippen LogP contribution in [-0.2, 0) is 16.0 Å². The molecule has 7 heteroatoms. The highest BCUT2D eigenvalue weighted by Gasteiger charge is 2.17. The van der Waals surface area contributed by atoms with Gasteiger partial charge in [-0.15, -0.1) is 0 Å². The number of nitrogens with one attached hydrogen (secondary N) is 1. The quantitative estimate of drug-likeness (QED) is 0.743. The Balaban J connectivity index is 2.25. The summed E-state index contributed by atoms with van der Waals surface area (Å²) in [6, 6.07) is 2.13. The smallest absolute Gasteiger partial charge is 0.339 e. The van der Waals surface area contributed by atoms with Crippen LogP contribution >= 0.6 is 0 Å². The second kappa shape index (κ2) is 7.38. The van der Waals surface area contributed by atoms with E-state index in [1.54, 1.807) is 26.8 Å². The van der Waals surface area contributed by atoms with Crippen LogP contribution in [0.2, 0.25) is 0 Å². The van der Waals surface area contributed by atoms with E-state index in [4.69, 9.17) is 4.42 Å².